The average Bonchev–Trinajstić information content (AvgIpc) is 3.05. The van der Waals surface area contributed by atoms with E-state index in [4.69, 9.17) is 9.47 Å². The lowest BCUT2D eigenvalue weighted by molar-refractivity contribution is -0.121. The number of amides is 1. The van der Waals surface area contributed by atoms with Gasteiger partial charge in [-0.3, -0.25) is 14.2 Å². The number of aromatic nitrogens is 2. The number of carbonyl (C=O) groups excluding carboxylic acids is 1. The number of ether oxygens (including phenoxy) is 2. The van der Waals surface area contributed by atoms with Gasteiger partial charge in [-0.25, -0.2) is 4.98 Å². The third-order valence-corrected chi connectivity index (χ3v) is 5.10. The quantitative estimate of drug-likeness (QED) is 0.672. The van der Waals surface area contributed by atoms with Crippen LogP contribution in [-0.4, -0.2) is 36.2 Å². The minimum Gasteiger partial charge on any atom is -0.493 e. The van der Waals surface area contributed by atoms with E-state index in [2.05, 4.69) is 10.3 Å². The van der Waals surface area contributed by atoms with Gasteiger partial charge in [0, 0.05) is 11.4 Å². The summed E-state index contributed by atoms with van der Waals surface area (Å²) in [4.78, 5) is 30.6. The highest BCUT2D eigenvalue weighted by molar-refractivity contribution is 7.18. The number of methoxy groups -OCH3 is 2. The summed E-state index contributed by atoms with van der Waals surface area (Å²) in [6, 6.07) is 7.45. The number of nitrogens with one attached hydrogen (secondary N) is 1. The highest BCUT2D eigenvalue weighted by Gasteiger charge is 2.10. The molecular formula is C19H21N3O4S. The van der Waals surface area contributed by atoms with Crippen LogP contribution in [0.3, 0.4) is 0 Å². The van der Waals surface area contributed by atoms with Gasteiger partial charge in [0.25, 0.3) is 5.56 Å². The standard InChI is InChI=1S/C19H21N3O4S/c1-12-8-14-18(27-12)21-11-22(19(14)24)10-17(23)20-7-6-13-4-5-15(25-2)16(9-13)26-3/h4-5,8-9,11H,6-7,10H2,1-3H3,(H,20,23). The predicted octanol–water partition coefficient (Wildman–Crippen LogP) is 2.14. The molecular weight excluding hydrogens is 366 g/mol. The van der Waals surface area contributed by atoms with E-state index >= 15 is 0 Å². The number of carbonyl (C=O) groups is 1. The van der Waals surface area contributed by atoms with Gasteiger partial charge < -0.3 is 14.8 Å². The Bertz CT molecular complexity index is 1030. The number of rotatable bonds is 7. The van der Waals surface area contributed by atoms with Crippen LogP contribution in [-0.2, 0) is 17.8 Å². The van der Waals surface area contributed by atoms with Crippen molar-refractivity contribution in [2.24, 2.45) is 0 Å². The maximum absolute atomic E-state index is 12.4. The molecule has 3 aromatic rings. The molecule has 0 bridgehead atoms. The first-order valence-corrected chi connectivity index (χ1v) is 9.26. The second-order valence-corrected chi connectivity index (χ2v) is 7.28. The molecule has 2 aromatic heterocycles. The Morgan fingerprint density at radius 1 is 1.22 bits per heavy atom. The van der Waals surface area contributed by atoms with Crippen LogP contribution in [0.25, 0.3) is 10.2 Å². The van der Waals surface area contributed by atoms with E-state index in [0.717, 1.165) is 10.4 Å². The molecule has 2 heterocycles. The SMILES string of the molecule is COc1ccc(CCNC(=O)Cn2cnc3sc(C)cc3c2=O)cc1OC. The molecule has 0 aliphatic rings. The van der Waals surface area contributed by atoms with Crippen molar-refractivity contribution in [3.8, 4) is 11.5 Å². The number of hydrogen-bond donors (Lipinski definition) is 1. The fourth-order valence-electron chi connectivity index (χ4n) is 2.79. The van der Waals surface area contributed by atoms with Gasteiger partial charge in [-0.2, -0.15) is 0 Å². The van der Waals surface area contributed by atoms with Crippen molar-refractivity contribution in [3.05, 3.63) is 51.4 Å². The van der Waals surface area contributed by atoms with E-state index in [9.17, 15) is 9.59 Å². The fraction of sp³-hybridized carbons (Fsp3) is 0.316. The number of thiophene rings is 1. The third kappa shape index (κ3) is 4.28. The van der Waals surface area contributed by atoms with Gasteiger partial charge in [-0.1, -0.05) is 6.07 Å². The van der Waals surface area contributed by atoms with Crippen LogP contribution in [0.4, 0.5) is 0 Å². The molecule has 142 valence electrons. The van der Waals surface area contributed by atoms with Crippen LogP contribution in [0.2, 0.25) is 0 Å². The number of aryl methyl sites for hydroxylation is 1. The third-order valence-electron chi connectivity index (χ3n) is 4.14. The lowest BCUT2D eigenvalue weighted by Crippen LogP contribution is -2.33. The van der Waals surface area contributed by atoms with E-state index in [1.165, 1.54) is 22.2 Å². The van der Waals surface area contributed by atoms with E-state index in [1.807, 2.05) is 25.1 Å². The summed E-state index contributed by atoms with van der Waals surface area (Å²) in [6.07, 6.45) is 2.07. The van der Waals surface area contributed by atoms with Crippen molar-refractivity contribution in [1.82, 2.24) is 14.9 Å². The first kappa shape index (κ1) is 18.9. The van der Waals surface area contributed by atoms with E-state index in [0.29, 0.717) is 34.7 Å². The zero-order valence-corrected chi connectivity index (χ0v) is 16.3. The minimum absolute atomic E-state index is 0.0530. The lowest BCUT2D eigenvalue weighted by atomic mass is 10.1. The van der Waals surface area contributed by atoms with Crippen molar-refractivity contribution >= 4 is 27.5 Å². The Hall–Kier alpha value is -2.87. The van der Waals surface area contributed by atoms with Gasteiger partial charge >= 0.3 is 0 Å². The summed E-state index contributed by atoms with van der Waals surface area (Å²) in [7, 11) is 3.17. The Labute approximate surface area is 160 Å². The Morgan fingerprint density at radius 2 is 2.00 bits per heavy atom. The second kappa shape index (κ2) is 8.22. The number of nitrogens with zero attached hydrogens (tertiary/aromatic N) is 2. The molecule has 1 N–H and O–H groups in total. The monoisotopic (exact) mass is 387 g/mol. The smallest absolute Gasteiger partial charge is 0.262 e. The van der Waals surface area contributed by atoms with Crippen LogP contribution in [0.5, 0.6) is 11.5 Å². The molecule has 0 atom stereocenters. The number of fused-ring (bicyclic) bond motifs is 1. The summed E-state index contributed by atoms with van der Waals surface area (Å²) in [5, 5.41) is 3.38. The van der Waals surface area contributed by atoms with Gasteiger partial charge in [0.2, 0.25) is 5.91 Å². The van der Waals surface area contributed by atoms with Gasteiger partial charge in [-0.05, 0) is 37.1 Å². The van der Waals surface area contributed by atoms with Crippen molar-refractivity contribution in [1.29, 1.82) is 0 Å². The summed E-state index contributed by atoms with van der Waals surface area (Å²) in [5.74, 6) is 1.08. The molecule has 27 heavy (non-hydrogen) atoms. The first-order valence-electron chi connectivity index (χ1n) is 8.45. The average molecular weight is 387 g/mol. The van der Waals surface area contributed by atoms with Gasteiger partial charge in [-0.15, -0.1) is 11.3 Å². The van der Waals surface area contributed by atoms with Crippen molar-refractivity contribution < 1.29 is 14.3 Å². The second-order valence-electron chi connectivity index (χ2n) is 6.04. The molecule has 1 aromatic carbocycles. The molecule has 0 saturated carbocycles. The minimum atomic E-state index is -0.231. The number of benzene rings is 1. The van der Waals surface area contributed by atoms with Crippen molar-refractivity contribution in [2.75, 3.05) is 20.8 Å². The molecule has 3 rings (SSSR count). The van der Waals surface area contributed by atoms with Gasteiger partial charge in [0.1, 0.15) is 11.4 Å². The Balaban J connectivity index is 1.59. The fourth-order valence-corrected chi connectivity index (χ4v) is 3.62. The molecule has 8 heteroatoms. The summed E-state index contributed by atoms with van der Waals surface area (Å²) < 4.78 is 11.8. The van der Waals surface area contributed by atoms with Crippen LogP contribution >= 0.6 is 11.3 Å². The van der Waals surface area contributed by atoms with E-state index in [-0.39, 0.29) is 18.0 Å². The van der Waals surface area contributed by atoms with E-state index < -0.39 is 0 Å². The van der Waals surface area contributed by atoms with Crippen LogP contribution in [0.15, 0.2) is 35.4 Å². The normalized spacial score (nSPS) is 10.8. The molecule has 0 spiro atoms. The molecule has 1 amide bonds. The zero-order chi connectivity index (χ0) is 19.4. The van der Waals surface area contributed by atoms with Gasteiger partial charge in [0.15, 0.2) is 11.5 Å². The molecule has 0 aliphatic carbocycles. The highest BCUT2D eigenvalue weighted by atomic mass is 32.1. The lowest BCUT2D eigenvalue weighted by Gasteiger charge is -2.10. The van der Waals surface area contributed by atoms with Gasteiger partial charge in [0.05, 0.1) is 25.9 Å². The molecule has 0 aliphatic heterocycles. The maximum atomic E-state index is 12.4. The highest BCUT2D eigenvalue weighted by Crippen LogP contribution is 2.27. The number of hydrogen-bond acceptors (Lipinski definition) is 6. The summed E-state index contributed by atoms with van der Waals surface area (Å²) in [6.45, 7) is 2.33. The van der Waals surface area contributed by atoms with Crippen LogP contribution in [0.1, 0.15) is 10.4 Å². The molecule has 0 radical (unpaired) electrons. The zero-order valence-electron chi connectivity index (χ0n) is 15.4. The first-order chi connectivity index (χ1) is 13.0. The molecule has 7 nitrogen and oxygen atoms in total. The summed E-state index contributed by atoms with van der Waals surface area (Å²) >= 11 is 1.47. The topological polar surface area (TPSA) is 82.5 Å². The largest absolute Gasteiger partial charge is 0.493 e. The Kier molecular flexibility index (Phi) is 5.75. The predicted molar refractivity (Wildman–Crippen MR) is 105 cm³/mol. The molecule has 0 saturated heterocycles. The summed E-state index contributed by atoms with van der Waals surface area (Å²) in [5.41, 5.74) is 0.821. The van der Waals surface area contributed by atoms with Crippen molar-refractivity contribution in [2.45, 2.75) is 19.9 Å². The molecule has 0 unspecified atom stereocenters. The Morgan fingerprint density at radius 3 is 2.74 bits per heavy atom. The van der Waals surface area contributed by atoms with Crippen LogP contribution < -0.4 is 20.3 Å². The van der Waals surface area contributed by atoms with Crippen LogP contribution in [0, 0.1) is 6.92 Å². The maximum Gasteiger partial charge on any atom is 0.262 e. The van der Waals surface area contributed by atoms with Crippen molar-refractivity contribution in [3.63, 3.8) is 0 Å². The van der Waals surface area contributed by atoms with E-state index in [1.54, 1.807) is 20.3 Å². The molecule has 0 fully saturated rings.